The molecule has 1 atom stereocenters. The zero-order valence-corrected chi connectivity index (χ0v) is 18.0. The zero-order valence-electron chi connectivity index (χ0n) is 18.0. The first-order valence-corrected chi connectivity index (χ1v) is 10.7. The number of hydrogen-bond donors (Lipinski definition) is 1. The molecule has 0 amide bonds. The number of allylic oxidation sites excluding steroid dienone is 1. The van der Waals surface area contributed by atoms with Gasteiger partial charge in [0.05, 0.1) is 7.11 Å². The molecule has 1 unspecified atom stereocenters. The molecular formula is C25H34N2O3. The molecule has 3 rings (SSSR count). The van der Waals surface area contributed by atoms with Gasteiger partial charge in [0.2, 0.25) is 0 Å². The van der Waals surface area contributed by atoms with Crippen LogP contribution in [0.4, 0.5) is 0 Å². The van der Waals surface area contributed by atoms with E-state index in [1.54, 1.807) is 7.11 Å². The molecule has 1 aliphatic rings. The molecule has 2 aromatic carbocycles. The minimum atomic E-state index is -0.505. The van der Waals surface area contributed by atoms with Crippen LogP contribution >= 0.6 is 0 Å². The van der Waals surface area contributed by atoms with Crippen LogP contribution < -0.4 is 9.47 Å². The Morgan fingerprint density at radius 2 is 1.77 bits per heavy atom. The van der Waals surface area contributed by atoms with Gasteiger partial charge in [-0.1, -0.05) is 36.4 Å². The van der Waals surface area contributed by atoms with Crippen molar-refractivity contribution < 1.29 is 14.6 Å². The van der Waals surface area contributed by atoms with Gasteiger partial charge >= 0.3 is 0 Å². The molecule has 2 aromatic rings. The molecule has 0 aromatic heterocycles. The van der Waals surface area contributed by atoms with Gasteiger partial charge in [0.15, 0.2) is 0 Å². The minimum Gasteiger partial charge on any atom is -0.497 e. The van der Waals surface area contributed by atoms with Crippen LogP contribution in [0.1, 0.15) is 17.5 Å². The highest BCUT2D eigenvalue weighted by atomic mass is 16.5. The number of aliphatic hydroxyl groups excluding tert-OH is 1. The fourth-order valence-electron chi connectivity index (χ4n) is 3.86. The summed E-state index contributed by atoms with van der Waals surface area (Å²) in [5.74, 6) is 1.72. The Kier molecular flexibility index (Phi) is 8.75. The van der Waals surface area contributed by atoms with E-state index in [0.29, 0.717) is 13.2 Å². The first-order chi connectivity index (χ1) is 14.7. The van der Waals surface area contributed by atoms with E-state index in [1.807, 2.05) is 42.5 Å². The van der Waals surface area contributed by atoms with Crippen molar-refractivity contribution in [1.29, 1.82) is 0 Å². The molecule has 1 N–H and O–H groups in total. The van der Waals surface area contributed by atoms with Gasteiger partial charge in [-0.05, 0) is 55.3 Å². The largest absolute Gasteiger partial charge is 0.497 e. The van der Waals surface area contributed by atoms with Crippen LogP contribution in [0.3, 0.4) is 0 Å². The number of aliphatic hydroxyl groups is 1. The summed E-state index contributed by atoms with van der Waals surface area (Å²) < 4.78 is 11.1. The Balaban J connectivity index is 1.43. The third-order valence-corrected chi connectivity index (χ3v) is 5.48. The van der Waals surface area contributed by atoms with Gasteiger partial charge < -0.3 is 14.6 Å². The smallest absolute Gasteiger partial charge is 0.122 e. The average Bonchev–Trinajstić information content (AvgIpc) is 2.99. The van der Waals surface area contributed by atoms with Crippen LogP contribution in [0.5, 0.6) is 11.5 Å². The lowest BCUT2D eigenvalue weighted by atomic mass is 10.1. The van der Waals surface area contributed by atoms with E-state index >= 15 is 0 Å². The average molecular weight is 411 g/mol. The van der Waals surface area contributed by atoms with Crippen molar-refractivity contribution in [2.24, 2.45) is 0 Å². The first kappa shape index (κ1) is 22.3. The van der Waals surface area contributed by atoms with Gasteiger partial charge in [0.1, 0.15) is 24.2 Å². The molecule has 30 heavy (non-hydrogen) atoms. The number of β-amino-alcohol motifs (C(OH)–C–C–N with tert-alkyl or cyclic N) is 1. The summed E-state index contributed by atoms with van der Waals surface area (Å²) in [5.41, 5.74) is 2.40. The number of nitrogens with zero attached hydrogens (tertiary/aromatic N) is 2. The van der Waals surface area contributed by atoms with Crippen molar-refractivity contribution in [1.82, 2.24) is 9.80 Å². The van der Waals surface area contributed by atoms with E-state index in [9.17, 15) is 5.11 Å². The van der Waals surface area contributed by atoms with Crippen molar-refractivity contribution >= 4 is 0 Å². The van der Waals surface area contributed by atoms with Crippen molar-refractivity contribution in [3.63, 3.8) is 0 Å². The normalized spacial score (nSPS) is 16.6. The number of benzene rings is 2. The van der Waals surface area contributed by atoms with Crippen LogP contribution in [-0.4, -0.2) is 67.5 Å². The first-order valence-electron chi connectivity index (χ1n) is 10.7. The fourth-order valence-corrected chi connectivity index (χ4v) is 3.86. The lowest BCUT2D eigenvalue weighted by Gasteiger charge is -2.24. The molecule has 0 bridgehead atoms. The Bertz CT molecular complexity index is 778. The molecule has 0 saturated carbocycles. The molecule has 1 fully saturated rings. The molecule has 0 spiro atoms. The number of methoxy groups -OCH3 is 1. The van der Waals surface area contributed by atoms with E-state index in [1.165, 1.54) is 5.56 Å². The maximum absolute atomic E-state index is 10.5. The molecule has 1 aliphatic heterocycles. The van der Waals surface area contributed by atoms with Crippen LogP contribution in [0, 0.1) is 0 Å². The third-order valence-electron chi connectivity index (χ3n) is 5.48. The fraction of sp³-hybridized carbons (Fsp3) is 0.440. The molecule has 162 valence electrons. The maximum atomic E-state index is 10.5. The SMILES string of the molecule is C=CCc1ccccc1OCC(O)CN1CCCN(Cc2ccc(OC)cc2)CC1. The Morgan fingerprint density at radius 3 is 2.53 bits per heavy atom. The molecule has 5 heteroatoms. The number of hydrogen-bond acceptors (Lipinski definition) is 5. The second-order valence-electron chi connectivity index (χ2n) is 7.84. The van der Waals surface area contributed by atoms with E-state index in [4.69, 9.17) is 9.47 Å². The predicted molar refractivity (Wildman–Crippen MR) is 121 cm³/mol. The van der Waals surface area contributed by atoms with Crippen LogP contribution in [-0.2, 0) is 13.0 Å². The second kappa shape index (κ2) is 11.7. The van der Waals surface area contributed by atoms with Crippen molar-refractivity contribution in [2.75, 3.05) is 46.4 Å². The van der Waals surface area contributed by atoms with E-state index in [0.717, 1.165) is 62.6 Å². The van der Waals surface area contributed by atoms with Crippen molar-refractivity contribution in [3.8, 4) is 11.5 Å². The topological polar surface area (TPSA) is 45.2 Å². The van der Waals surface area contributed by atoms with Crippen molar-refractivity contribution in [2.45, 2.75) is 25.5 Å². The lowest BCUT2D eigenvalue weighted by molar-refractivity contribution is 0.0690. The van der Waals surface area contributed by atoms with Gasteiger partial charge in [0.25, 0.3) is 0 Å². The van der Waals surface area contributed by atoms with E-state index in [2.05, 4.69) is 28.5 Å². The summed E-state index contributed by atoms with van der Waals surface area (Å²) in [5, 5.41) is 10.5. The molecule has 0 aliphatic carbocycles. The molecule has 1 heterocycles. The van der Waals surface area contributed by atoms with Crippen molar-refractivity contribution in [3.05, 3.63) is 72.3 Å². The molecule has 0 radical (unpaired) electrons. The second-order valence-corrected chi connectivity index (χ2v) is 7.84. The summed E-state index contributed by atoms with van der Waals surface area (Å²) in [6.45, 7) is 9.73. The van der Waals surface area contributed by atoms with E-state index in [-0.39, 0.29) is 0 Å². The van der Waals surface area contributed by atoms with Gasteiger partial charge in [-0.15, -0.1) is 6.58 Å². The molecular weight excluding hydrogens is 376 g/mol. The number of ether oxygens (including phenoxy) is 2. The summed E-state index contributed by atoms with van der Waals surface area (Å²) >= 11 is 0. The number of rotatable bonds is 10. The van der Waals surface area contributed by atoms with Crippen LogP contribution in [0.25, 0.3) is 0 Å². The highest BCUT2D eigenvalue weighted by Gasteiger charge is 2.18. The summed E-state index contributed by atoms with van der Waals surface area (Å²) in [6, 6.07) is 16.2. The third kappa shape index (κ3) is 6.87. The Labute approximate surface area is 180 Å². The standard InChI is InChI=1S/C25H34N2O3/c1-3-7-22-8-4-5-9-25(22)30-20-23(28)19-27-15-6-14-26(16-17-27)18-21-10-12-24(29-2)13-11-21/h3-5,8-13,23,28H,1,6-7,14-20H2,2H3. The quantitative estimate of drug-likeness (QED) is 0.609. The Hall–Kier alpha value is -2.34. The van der Waals surface area contributed by atoms with Gasteiger partial charge in [0, 0.05) is 26.2 Å². The molecule has 5 nitrogen and oxygen atoms in total. The maximum Gasteiger partial charge on any atom is 0.122 e. The van der Waals surface area contributed by atoms with Crippen LogP contribution in [0.2, 0.25) is 0 Å². The van der Waals surface area contributed by atoms with Gasteiger partial charge in [-0.3, -0.25) is 9.80 Å². The highest BCUT2D eigenvalue weighted by molar-refractivity contribution is 5.34. The predicted octanol–water partition coefficient (Wildman–Crippen LogP) is 3.37. The minimum absolute atomic E-state index is 0.306. The monoisotopic (exact) mass is 410 g/mol. The van der Waals surface area contributed by atoms with Gasteiger partial charge in [-0.2, -0.15) is 0 Å². The highest BCUT2D eigenvalue weighted by Crippen LogP contribution is 2.19. The molecule has 1 saturated heterocycles. The van der Waals surface area contributed by atoms with E-state index < -0.39 is 6.10 Å². The summed E-state index contributed by atoms with van der Waals surface area (Å²) in [6.07, 6.45) is 3.23. The Morgan fingerprint density at radius 1 is 1.03 bits per heavy atom. The summed E-state index contributed by atoms with van der Waals surface area (Å²) in [7, 11) is 1.69. The van der Waals surface area contributed by atoms with Crippen LogP contribution in [0.15, 0.2) is 61.2 Å². The summed E-state index contributed by atoms with van der Waals surface area (Å²) in [4.78, 5) is 4.83. The zero-order chi connectivity index (χ0) is 21.2. The van der Waals surface area contributed by atoms with Gasteiger partial charge in [-0.25, -0.2) is 0 Å². The number of para-hydroxylation sites is 1. The lowest BCUT2D eigenvalue weighted by Crippen LogP contribution is -2.38.